The number of pyridine rings is 1. The molecule has 6 N–H and O–H groups in total. The highest BCUT2D eigenvalue weighted by Crippen LogP contribution is 2.30. The number of aromatic nitrogens is 3. The van der Waals surface area contributed by atoms with Crippen molar-refractivity contribution in [2.75, 3.05) is 17.7 Å². The van der Waals surface area contributed by atoms with E-state index >= 15 is 0 Å². The average Bonchev–Trinajstić information content (AvgIpc) is 3.11. The lowest BCUT2D eigenvalue weighted by molar-refractivity contribution is 0.100. The molecule has 3 rings (SSSR count). The summed E-state index contributed by atoms with van der Waals surface area (Å²) < 4.78 is 22.0. The highest BCUT2D eigenvalue weighted by molar-refractivity contribution is 5.99. The van der Waals surface area contributed by atoms with Gasteiger partial charge in [-0.25, -0.2) is 9.37 Å². The minimum Gasteiger partial charge on any atom is -0.479 e. The maximum atomic E-state index is 14.8. The van der Waals surface area contributed by atoms with Gasteiger partial charge < -0.3 is 26.8 Å². The molecular formula is C23H32FN7O2. The molecule has 0 aliphatic rings. The van der Waals surface area contributed by atoms with Gasteiger partial charge in [0.25, 0.3) is 5.91 Å². The number of primary amides is 1. The number of anilines is 3. The van der Waals surface area contributed by atoms with E-state index in [1.165, 1.54) is 0 Å². The number of carbonyl (C=O) groups is 1. The highest BCUT2D eigenvalue weighted by atomic mass is 19.1. The quantitative estimate of drug-likeness (QED) is 0.365. The van der Waals surface area contributed by atoms with E-state index in [0.29, 0.717) is 24.0 Å². The lowest BCUT2D eigenvalue weighted by Crippen LogP contribution is -2.39. The molecule has 0 bridgehead atoms. The van der Waals surface area contributed by atoms with Crippen LogP contribution in [-0.4, -0.2) is 39.9 Å². The minimum atomic E-state index is -0.793. The highest BCUT2D eigenvalue weighted by Gasteiger charge is 2.21. The lowest BCUT2D eigenvalue weighted by Gasteiger charge is -2.25. The van der Waals surface area contributed by atoms with E-state index in [9.17, 15) is 9.18 Å². The fourth-order valence-corrected chi connectivity index (χ4v) is 3.72. The Hall–Kier alpha value is -3.40. The number of hydrogen-bond donors (Lipinski definition) is 4. The third kappa shape index (κ3) is 5.33. The fourth-order valence-electron chi connectivity index (χ4n) is 3.72. The molecule has 1 aromatic carbocycles. The van der Waals surface area contributed by atoms with Gasteiger partial charge in [0.15, 0.2) is 11.6 Å². The van der Waals surface area contributed by atoms with Crippen LogP contribution in [0.1, 0.15) is 44.5 Å². The van der Waals surface area contributed by atoms with Crippen LogP contribution in [0.3, 0.4) is 0 Å². The molecule has 0 aliphatic heterocycles. The number of benzene rings is 1. The second-order valence-electron chi connectivity index (χ2n) is 8.50. The Morgan fingerprint density at radius 2 is 1.97 bits per heavy atom. The summed E-state index contributed by atoms with van der Waals surface area (Å²) in [6.45, 7) is 8.66. The van der Waals surface area contributed by atoms with Gasteiger partial charge in [-0.05, 0) is 50.5 Å². The van der Waals surface area contributed by atoms with Crippen molar-refractivity contribution in [3.63, 3.8) is 0 Å². The fraction of sp³-hybridized carbons (Fsp3) is 0.435. The number of ether oxygens (including phenoxy) is 1. The molecule has 10 heteroatoms. The van der Waals surface area contributed by atoms with E-state index in [1.807, 2.05) is 36.7 Å². The molecule has 178 valence electrons. The monoisotopic (exact) mass is 457 g/mol. The zero-order valence-corrected chi connectivity index (χ0v) is 19.6. The van der Waals surface area contributed by atoms with Gasteiger partial charge in [0.2, 0.25) is 5.88 Å². The van der Waals surface area contributed by atoms with Crippen LogP contribution in [0.4, 0.5) is 21.7 Å². The summed E-state index contributed by atoms with van der Waals surface area (Å²) in [5.41, 5.74) is 13.1. The van der Waals surface area contributed by atoms with Crippen molar-refractivity contribution in [3.8, 4) is 5.88 Å². The molecule has 9 nitrogen and oxygen atoms in total. The van der Waals surface area contributed by atoms with Gasteiger partial charge in [-0.3, -0.25) is 9.48 Å². The second-order valence-corrected chi connectivity index (χ2v) is 8.50. The van der Waals surface area contributed by atoms with Crippen LogP contribution in [0.15, 0.2) is 24.3 Å². The normalized spacial score (nSPS) is 13.2. The van der Waals surface area contributed by atoms with Crippen molar-refractivity contribution >= 4 is 34.1 Å². The molecule has 0 spiro atoms. The number of amides is 1. The SMILES string of the molecule is CCn1nc(OC)c2cc(Nc3nc(N[C@H](CC(C)C)[C@H](C)N)c(F)cc3C(N)=O)ccc21. The largest absolute Gasteiger partial charge is 0.479 e. The Morgan fingerprint density at radius 3 is 2.55 bits per heavy atom. The first-order chi connectivity index (χ1) is 15.6. The Morgan fingerprint density at radius 1 is 1.24 bits per heavy atom. The maximum Gasteiger partial charge on any atom is 0.252 e. The second kappa shape index (κ2) is 10.0. The number of hydrogen-bond acceptors (Lipinski definition) is 7. The Kier molecular flexibility index (Phi) is 7.37. The molecule has 0 saturated carbocycles. The zero-order valence-electron chi connectivity index (χ0n) is 19.6. The van der Waals surface area contributed by atoms with Crippen LogP contribution in [0.5, 0.6) is 5.88 Å². The number of nitrogens with zero attached hydrogens (tertiary/aromatic N) is 3. The predicted molar refractivity (Wildman–Crippen MR) is 128 cm³/mol. The first-order valence-corrected chi connectivity index (χ1v) is 11.0. The summed E-state index contributed by atoms with van der Waals surface area (Å²) >= 11 is 0. The van der Waals surface area contributed by atoms with Gasteiger partial charge in [0.1, 0.15) is 5.82 Å². The van der Waals surface area contributed by atoms with Crippen molar-refractivity contribution in [1.82, 2.24) is 14.8 Å². The van der Waals surface area contributed by atoms with E-state index in [1.54, 1.807) is 7.11 Å². The summed E-state index contributed by atoms with van der Waals surface area (Å²) in [7, 11) is 1.55. The average molecular weight is 458 g/mol. The molecule has 0 radical (unpaired) electrons. The standard InChI is InChI=1S/C23H32FN7O2/c1-6-31-19-8-7-14(10-15(19)23(30-31)33-5)27-21-16(20(26)32)11-17(24)22(29-21)28-18(13(4)25)9-12(2)3/h7-8,10-13,18H,6,9,25H2,1-5H3,(H2,26,32)(H2,27,28,29)/t13-,18+/m0/s1. The van der Waals surface area contributed by atoms with Crippen molar-refractivity contribution in [2.24, 2.45) is 17.4 Å². The Balaban J connectivity index is 2.01. The minimum absolute atomic E-state index is 0.00270. The molecule has 2 atom stereocenters. The third-order valence-corrected chi connectivity index (χ3v) is 5.40. The van der Waals surface area contributed by atoms with Gasteiger partial charge in [0, 0.05) is 24.3 Å². The van der Waals surface area contributed by atoms with E-state index in [0.717, 1.165) is 23.4 Å². The summed E-state index contributed by atoms with van der Waals surface area (Å²) in [6.07, 6.45) is 0.733. The molecule has 0 saturated heterocycles. The Labute approximate surface area is 192 Å². The van der Waals surface area contributed by atoms with Gasteiger partial charge in [-0.1, -0.05) is 13.8 Å². The van der Waals surface area contributed by atoms with Crippen LogP contribution in [0, 0.1) is 11.7 Å². The molecule has 33 heavy (non-hydrogen) atoms. The molecule has 0 aliphatic carbocycles. The predicted octanol–water partition coefficient (Wildman–Crippen LogP) is 3.62. The topological polar surface area (TPSA) is 133 Å². The van der Waals surface area contributed by atoms with Gasteiger partial charge >= 0.3 is 0 Å². The van der Waals surface area contributed by atoms with Gasteiger partial charge in [-0.15, -0.1) is 5.10 Å². The molecule has 2 aromatic heterocycles. The third-order valence-electron chi connectivity index (χ3n) is 5.40. The van der Waals surface area contributed by atoms with E-state index in [2.05, 4.69) is 34.6 Å². The van der Waals surface area contributed by atoms with Crippen molar-refractivity contribution < 1.29 is 13.9 Å². The summed E-state index contributed by atoms with van der Waals surface area (Å²) in [5, 5.41) is 11.4. The number of carbonyl (C=O) groups excluding carboxylic acids is 1. The van der Waals surface area contributed by atoms with Crippen LogP contribution in [0.25, 0.3) is 10.9 Å². The van der Waals surface area contributed by atoms with Crippen molar-refractivity contribution in [2.45, 2.75) is 52.7 Å². The molecule has 0 unspecified atom stereocenters. The van der Waals surface area contributed by atoms with Crippen LogP contribution in [-0.2, 0) is 6.54 Å². The number of halogens is 1. The number of aryl methyl sites for hydroxylation is 1. The van der Waals surface area contributed by atoms with Crippen molar-refractivity contribution in [1.29, 1.82) is 0 Å². The summed E-state index contributed by atoms with van der Waals surface area (Å²) in [4.78, 5) is 16.4. The van der Waals surface area contributed by atoms with Crippen molar-refractivity contribution in [3.05, 3.63) is 35.6 Å². The zero-order chi connectivity index (χ0) is 24.3. The molecule has 3 aromatic rings. The molecule has 1 amide bonds. The Bertz CT molecular complexity index is 1140. The van der Waals surface area contributed by atoms with Gasteiger partial charge in [-0.2, -0.15) is 0 Å². The summed E-state index contributed by atoms with van der Waals surface area (Å²) in [5.74, 6) is -0.495. The smallest absolute Gasteiger partial charge is 0.252 e. The molecule has 2 heterocycles. The van der Waals surface area contributed by atoms with E-state index < -0.39 is 11.7 Å². The lowest BCUT2D eigenvalue weighted by atomic mass is 9.99. The molecular weight excluding hydrogens is 425 g/mol. The van der Waals surface area contributed by atoms with E-state index in [-0.39, 0.29) is 29.3 Å². The van der Waals surface area contributed by atoms with Crippen LogP contribution >= 0.6 is 0 Å². The van der Waals surface area contributed by atoms with E-state index in [4.69, 9.17) is 16.2 Å². The van der Waals surface area contributed by atoms with Crippen LogP contribution < -0.4 is 26.8 Å². The maximum absolute atomic E-state index is 14.8. The van der Waals surface area contributed by atoms with Gasteiger partial charge in [0.05, 0.1) is 23.6 Å². The number of rotatable bonds is 10. The first kappa shape index (κ1) is 24.2. The number of fused-ring (bicyclic) bond motifs is 1. The number of nitrogens with one attached hydrogen (secondary N) is 2. The number of nitrogens with two attached hydrogens (primary N) is 2. The summed E-state index contributed by atoms with van der Waals surface area (Å²) in [6, 6.07) is 6.20. The molecule has 0 fully saturated rings. The van der Waals surface area contributed by atoms with Crippen LogP contribution in [0.2, 0.25) is 0 Å². The first-order valence-electron chi connectivity index (χ1n) is 11.0. The number of methoxy groups -OCH3 is 1.